The molecule has 1 aromatic heterocycles. The van der Waals surface area contributed by atoms with Crippen LogP contribution in [-0.2, 0) is 0 Å². The Kier molecular flexibility index (Phi) is 5.87. The minimum atomic E-state index is -0.347. The van der Waals surface area contributed by atoms with E-state index in [4.69, 9.17) is 0 Å². The summed E-state index contributed by atoms with van der Waals surface area (Å²) in [5.74, 6) is -0.387. The molecule has 1 N–H and O–H groups in total. The Bertz CT molecular complexity index is 1150. The van der Waals surface area contributed by atoms with Crippen molar-refractivity contribution in [3.63, 3.8) is 0 Å². The molecule has 3 aromatic rings. The van der Waals surface area contributed by atoms with Crippen molar-refractivity contribution in [1.29, 1.82) is 0 Å². The lowest BCUT2D eigenvalue weighted by atomic mass is 9.79. The Morgan fingerprint density at radius 3 is 2.69 bits per heavy atom. The molecule has 1 aliphatic rings. The van der Waals surface area contributed by atoms with Gasteiger partial charge in [-0.1, -0.05) is 13.0 Å². The molecule has 6 heteroatoms. The van der Waals surface area contributed by atoms with Gasteiger partial charge >= 0.3 is 0 Å². The van der Waals surface area contributed by atoms with E-state index in [1.807, 2.05) is 47.3 Å². The number of anilines is 1. The van der Waals surface area contributed by atoms with Crippen LogP contribution in [0.15, 0.2) is 66.0 Å². The van der Waals surface area contributed by atoms with E-state index >= 15 is 0 Å². The van der Waals surface area contributed by atoms with Gasteiger partial charge in [-0.15, -0.1) is 0 Å². The molecule has 0 saturated heterocycles. The molecule has 5 nitrogen and oxygen atoms in total. The number of carbonyl (C=O) groups is 1. The molecule has 1 aliphatic heterocycles. The summed E-state index contributed by atoms with van der Waals surface area (Å²) in [5, 5.41) is 4.03. The first kappa shape index (κ1) is 21.8. The van der Waals surface area contributed by atoms with Gasteiger partial charge in [0.1, 0.15) is 5.82 Å². The van der Waals surface area contributed by atoms with Crippen LogP contribution in [0.5, 0.6) is 0 Å². The Morgan fingerprint density at radius 1 is 1.22 bits per heavy atom. The quantitative estimate of drug-likeness (QED) is 0.428. The third-order valence-electron chi connectivity index (χ3n) is 6.20. The summed E-state index contributed by atoms with van der Waals surface area (Å²) < 4.78 is 16.8. The van der Waals surface area contributed by atoms with Crippen LogP contribution >= 0.6 is 0 Å². The van der Waals surface area contributed by atoms with Crippen molar-refractivity contribution in [1.82, 2.24) is 9.99 Å². The molecule has 0 spiro atoms. The van der Waals surface area contributed by atoms with E-state index in [9.17, 15) is 9.18 Å². The predicted molar refractivity (Wildman–Crippen MR) is 127 cm³/mol. The van der Waals surface area contributed by atoms with Crippen molar-refractivity contribution in [2.45, 2.75) is 45.6 Å². The third kappa shape index (κ3) is 4.17. The second-order valence-electron chi connectivity index (χ2n) is 8.93. The van der Waals surface area contributed by atoms with Gasteiger partial charge in [0.05, 0.1) is 6.21 Å². The molecule has 1 unspecified atom stereocenters. The van der Waals surface area contributed by atoms with Crippen LogP contribution in [0, 0.1) is 5.82 Å². The van der Waals surface area contributed by atoms with Crippen LogP contribution in [0.2, 0.25) is 0 Å². The first-order valence-electron chi connectivity index (χ1n) is 11.0. The topological polar surface area (TPSA) is 49.6 Å². The number of aromatic nitrogens is 1. The van der Waals surface area contributed by atoms with Gasteiger partial charge < -0.3 is 9.47 Å². The Morgan fingerprint density at radius 2 is 1.97 bits per heavy atom. The number of hydrogen-bond acceptors (Lipinski definition) is 3. The summed E-state index contributed by atoms with van der Waals surface area (Å²) in [6.07, 6.45) is 6.20. The maximum absolute atomic E-state index is 14.9. The highest BCUT2D eigenvalue weighted by Crippen LogP contribution is 2.43. The summed E-state index contributed by atoms with van der Waals surface area (Å²) in [4.78, 5) is 14.8. The molecule has 2 heterocycles. The smallest absolute Gasteiger partial charge is 0.271 e. The first-order valence-corrected chi connectivity index (χ1v) is 11.0. The molecular weight excluding hydrogens is 403 g/mol. The zero-order valence-corrected chi connectivity index (χ0v) is 19.0. The van der Waals surface area contributed by atoms with Crippen molar-refractivity contribution in [2.75, 3.05) is 11.4 Å². The fourth-order valence-electron chi connectivity index (χ4n) is 4.76. The molecule has 1 amide bonds. The van der Waals surface area contributed by atoms with E-state index in [1.54, 1.807) is 18.2 Å². The summed E-state index contributed by atoms with van der Waals surface area (Å²) in [5.41, 5.74) is 6.27. The van der Waals surface area contributed by atoms with Gasteiger partial charge in [0.15, 0.2) is 0 Å². The largest absolute Gasteiger partial charge is 0.366 e. The molecular formula is C26H29FN4O. The highest BCUT2D eigenvalue weighted by atomic mass is 19.1. The first-order chi connectivity index (χ1) is 15.3. The molecule has 0 bridgehead atoms. The van der Waals surface area contributed by atoms with Crippen LogP contribution in [0.3, 0.4) is 0 Å². The molecule has 2 aromatic carbocycles. The minimum Gasteiger partial charge on any atom is -0.366 e. The normalized spacial score (nSPS) is 17.4. The van der Waals surface area contributed by atoms with E-state index in [1.165, 1.54) is 6.21 Å². The fraction of sp³-hybridized carbons (Fsp3) is 0.308. The standard InChI is InChI=1S/C26H29FN4O/c1-5-31-24-15-23(27)20(14-22(24)18(2)16-26(31,3)4)17-28-29-25(32)19-9-8-10-21(13-19)30-11-6-7-12-30/h6-15,17-18H,5,16H2,1-4H3,(H,29,32)/b28-17+. The summed E-state index contributed by atoms with van der Waals surface area (Å²) >= 11 is 0. The monoisotopic (exact) mass is 432 g/mol. The maximum Gasteiger partial charge on any atom is 0.271 e. The number of benzene rings is 2. The zero-order chi connectivity index (χ0) is 22.9. The van der Waals surface area contributed by atoms with Gasteiger partial charge in [-0.2, -0.15) is 5.10 Å². The summed E-state index contributed by atoms with van der Waals surface area (Å²) in [7, 11) is 0. The maximum atomic E-state index is 14.9. The predicted octanol–water partition coefficient (Wildman–Crippen LogP) is 5.49. The number of carbonyl (C=O) groups excluding carboxylic acids is 1. The molecule has 1 atom stereocenters. The average Bonchev–Trinajstić information content (AvgIpc) is 3.29. The Labute approximate surface area is 188 Å². The SMILES string of the molecule is CCN1c2cc(F)c(/C=N/NC(=O)c3cccc(-n4cccc4)c3)cc2C(C)CC1(C)C. The number of rotatable bonds is 5. The van der Waals surface area contributed by atoms with Gasteiger partial charge in [0, 0.05) is 47.0 Å². The van der Waals surface area contributed by atoms with Crippen molar-refractivity contribution in [3.8, 4) is 5.69 Å². The number of nitrogens with zero attached hydrogens (tertiary/aromatic N) is 3. The van der Waals surface area contributed by atoms with E-state index in [-0.39, 0.29) is 17.3 Å². The number of amides is 1. The van der Waals surface area contributed by atoms with Crippen LogP contribution in [0.1, 0.15) is 61.5 Å². The third-order valence-corrected chi connectivity index (χ3v) is 6.20. The summed E-state index contributed by atoms with van der Waals surface area (Å²) in [6.45, 7) is 9.48. The van der Waals surface area contributed by atoms with Crippen molar-refractivity contribution >= 4 is 17.8 Å². The highest BCUT2D eigenvalue weighted by Gasteiger charge is 2.36. The van der Waals surface area contributed by atoms with Gasteiger partial charge in [0.2, 0.25) is 0 Å². The lowest BCUT2D eigenvalue weighted by Gasteiger charge is -2.47. The second-order valence-corrected chi connectivity index (χ2v) is 8.93. The number of nitrogens with one attached hydrogen (secondary N) is 1. The minimum absolute atomic E-state index is 0.0215. The van der Waals surface area contributed by atoms with Crippen LogP contribution in [0.25, 0.3) is 5.69 Å². The van der Waals surface area contributed by atoms with Gasteiger partial charge in [-0.25, -0.2) is 9.82 Å². The van der Waals surface area contributed by atoms with E-state index < -0.39 is 0 Å². The lowest BCUT2D eigenvalue weighted by Crippen LogP contribution is -2.48. The number of hydrazone groups is 1. The lowest BCUT2D eigenvalue weighted by molar-refractivity contribution is 0.0955. The Balaban J connectivity index is 1.53. The van der Waals surface area contributed by atoms with Crippen LogP contribution < -0.4 is 10.3 Å². The van der Waals surface area contributed by atoms with Crippen molar-refractivity contribution in [3.05, 3.63) is 83.4 Å². The molecule has 0 aliphatic carbocycles. The zero-order valence-electron chi connectivity index (χ0n) is 19.0. The van der Waals surface area contributed by atoms with Crippen LogP contribution in [0.4, 0.5) is 10.1 Å². The molecule has 0 radical (unpaired) electrons. The fourth-order valence-corrected chi connectivity index (χ4v) is 4.76. The van der Waals surface area contributed by atoms with Crippen LogP contribution in [-0.4, -0.2) is 28.8 Å². The van der Waals surface area contributed by atoms with E-state index in [0.29, 0.717) is 17.0 Å². The van der Waals surface area contributed by atoms with Crippen molar-refractivity contribution in [2.24, 2.45) is 5.10 Å². The number of halogens is 1. The second kappa shape index (κ2) is 8.61. The van der Waals surface area contributed by atoms with Gasteiger partial charge in [-0.05, 0) is 81.1 Å². The number of hydrogen-bond donors (Lipinski definition) is 1. The van der Waals surface area contributed by atoms with Gasteiger partial charge in [-0.3, -0.25) is 4.79 Å². The molecule has 4 rings (SSSR count). The van der Waals surface area contributed by atoms with E-state index in [0.717, 1.165) is 29.9 Å². The molecule has 0 fully saturated rings. The highest BCUT2D eigenvalue weighted by molar-refractivity contribution is 5.95. The van der Waals surface area contributed by atoms with Gasteiger partial charge in [0.25, 0.3) is 5.91 Å². The molecule has 166 valence electrons. The van der Waals surface area contributed by atoms with Crippen molar-refractivity contribution < 1.29 is 9.18 Å². The molecule has 0 saturated carbocycles. The van der Waals surface area contributed by atoms with E-state index in [2.05, 4.69) is 43.1 Å². The number of fused-ring (bicyclic) bond motifs is 1. The summed E-state index contributed by atoms with van der Waals surface area (Å²) in [6, 6.07) is 14.5. The average molecular weight is 433 g/mol. The Hall–Kier alpha value is -3.41. The molecule has 32 heavy (non-hydrogen) atoms.